The third-order valence-corrected chi connectivity index (χ3v) is 7.50. The molecule has 0 aliphatic carbocycles. The maximum absolute atomic E-state index is 14.9. The molecule has 4 N–H and O–H groups in total. The van der Waals surface area contributed by atoms with Gasteiger partial charge < -0.3 is 20.7 Å². The Hall–Kier alpha value is -4.87. The molecule has 3 heterocycles. The van der Waals surface area contributed by atoms with Crippen LogP contribution in [0.4, 0.5) is 15.9 Å². The van der Waals surface area contributed by atoms with Gasteiger partial charge in [0, 0.05) is 61.2 Å². The summed E-state index contributed by atoms with van der Waals surface area (Å²) >= 11 is 0. The highest BCUT2D eigenvalue weighted by Gasteiger charge is 2.17. The van der Waals surface area contributed by atoms with Gasteiger partial charge >= 0.3 is 0 Å². The third-order valence-electron chi connectivity index (χ3n) is 7.50. The van der Waals surface area contributed by atoms with E-state index in [-0.39, 0.29) is 11.4 Å². The van der Waals surface area contributed by atoms with Gasteiger partial charge in [-0.3, -0.25) is 14.8 Å². The Morgan fingerprint density at radius 1 is 1.05 bits per heavy atom. The largest absolute Gasteiger partial charge is 0.457 e. The molecular weight excluding hydrogens is 535 g/mol. The van der Waals surface area contributed by atoms with Gasteiger partial charge in [0.25, 0.3) is 5.91 Å². The van der Waals surface area contributed by atoms with Crippen molar-refractivity contribution in [3.8, 4) is 22.8 Å². The molecule has 0 spiro atoms. The molecule has 2 aromatic heterocycles. The van der Waals surface area contributed by atoms with Gasteiger partial charge in [-0.1, -0.05) is 12.1 Å². The summed E-state index contributed by atoms with van der Waals surface area (Å²) in [5.74, 6) is 0.767. The zero-order chi connectivity index (χ0) is 29.2. The number of piperazine rings is 1. The lowest BCUT2D eigenvalue weighted by atomic mass is 10.1. The Bertz CT molecular complexity index is 1750. The molecule has 0 atom stereocenters. The van der Waals surface area contributed by atoms with Crippen molar-refractivity contribution in [1.82, 2.24) is 30.0 Å². The number of aryl methyl sites for hydroxylation is 1. The SMILES string of the molecule is Cc1ccc(NC(=O)c2ccc(CN3CCN(C)CC3)c(F)c2)cc1Oc1ccc(-c2[nH]nc3ncnc(N)c23)cc1. The molecule has 5 aromatic rings. The van der Waals surface area contributed by atoms with E-state index in [9.17, 15) is 9.18 Å². The van der Waals surface area contributed by atoms with E-state index in [0.29, 0.717) is 46.1 Å². The molecule has 0 radical (unpaired) electrons. The molecule has 1 aliphatic rings. The number of hydrogen-bond acceptors (Lipinski definition) is 8. The second-order valence-corrected chi connectivity index (χ2v) is 10.5. The monoisotopic (exact) mass is 566 g/mol. The first-order valence-electron chi connectivity index (χ1n) is 13.7. The Morgan fingerprint density at radius 2 is 1.83 bits per heavy atom. The van der Waals surface area contributed by atoms with E-state index in [0.717, 1.165) is 43.0 Å². The van der Waals surface area contributed by atoms with Crippen molar-refractivity contribution in [2.75, 3.05) is 44.3 Å². The van der Waals surface area contributed by atoms with Crippen molar-refractivity contribution < 1.29 is 13.9 Å². The van der Waals surface area contributed by atoms with Crippen LogP contribution in [-0.4, -0.2) is 69.1 Å². The molecule has 0 saturated carbocycles. The van der Waals surface area contributed by atoms with Gasteiger partial charge in [0.1, 0.15) is 29.5 Å². The highest BCUT2D eigenvalue weighted by Crippen LogP contribution is 2.32. The van der Waals surface area contributed by atoms with Crippen LogP contribution in [0.3, 0.4) is 0 Å². The highest BCUT2D eigenvalue weighted by molar-refractivity contribution is 6.04. The molecular formula is C31H31FN8O2. The predicted octanol–water partition coefficient (Wildman–Crippen LogP) is 4.84. The number of H-pyrrole nitrogens is 1. The van der Waals surface area contributed by atoms with Crippen LogP contribution >= 0.6 is 0 Å². The number of rotatable bonds is 7. The first-order valence-corrected chi connectivity index (χ1v) is 13.7. The van der Waals surface area contributed by atoms with E-state index >= 15 is 0 Å². The van der Waals surface area contributed by atoms with Crippen molar-refractivity contribution in [3.63, 3.8) is 0 Å². The van der Waals surface area contributed by atoms with Gasteiger partial charge in [-0.05, 0) is 62.0 Å². The summed E-state index contributed by atoms with van der Waals surface area (Å²) in [6.07, 6.45) is 1.38. The number of nitrogen functional groups attached to an aromatic ring is 1. The number of carbonyl (C=O) groups is 1. The number of aromatic amines is 1. The smallest absolute Gasteiger partial charge is 0.255 e. The average Bonchev–Trinajstić information content (AvgIpc) is 3.43. The first-order chi connectivity index (χ1) is 20.3. The number of carbonyl (C=O) groups excluding carboxylic acids is 1. The van der Waals surface area contributed by atoms with Crippen molar-refractivity contribution in [2.45, 2.75) is 13.5 Å². The van der Waals surface area contributed by atoms with E-state index in [1.165, 1.54) is 12.4 Å². The molecule has 10 nitrogen and oxygen atoms in total. The summed E-state index contributed by atoms with van der Waals surface area (Å²) in [5.41, 5.74) is 10.4. The fourth-order valence-electron chi connectivity index (χ4n) is 4.96. The zero-order valence-corrected chi connectivity index (χ0v) is 23.4. The van der Waals surface area contributed by atoms with E-state index < -0.39 is 5.91 Å². The Kier molecular flexibility index (Phi) is 7.51. The van der Waals surface area contributed by atoms with Crippen LogP contribution in [0.2, 0.25) is 0 Å². The number of hydrogen-bond donors (Lipinski definition) is 3. The minimum absolute atomic E-state index is 0.255. The lowest BCUT2D eigenvalue weighted by Gasteiger charge is -2.32. The summed E-state index contributed by atoms with van der Waals surface area (Å²) in [4.78, 5) is 25.6. The number of nitrogens with one attached hydrogen (secondary N) is 2. The van der Waals surface area contributed by atoms with Crippen LogP contribution in [0.25, 0.3) is 22.3 Å². The molecule has 1 saturated heterocycles. The van der Waals surface area contributed by atoms with E-state index in [4.69, 9.17) is 10.5 Å². The second-order valence-electron chi connectivity index (χ2n) is 10.5. The molecule has 0 unspecified atom stereocenters. The lowest BCUT2D eigenvalue weighted by Crippen LogP contribution is -2.44. The zero-order valence-electron chi connectivity index (χ0n) is 23.4. The van der Waals surface area contributed by atoms with Crippen LogP contribution in [0.15, 0.2) is 67.0 Å². The van der Waals surface area contributed by atoms with Crippen LogP contribution in [0.5, 0.6) is 11.5 Å². The molecule has 42 heavy (non-hydrogen) atoms. The standard InChI is InChI=1S/C31H31FN8O2/c1-19-3-8-23(36-31(41)21-4-5-22(25(32)15-21)17-40-13-11-39(2)12-14-40)16-26(19)42-24-9-6-20(7-10-24)28-27-29(33)34-18-35-30(27)38-37-28/h3-10,15-16,18H,11-14,17H2,1-2H3,(H,36,41)(H3,33,34,35,37,38). The maximum Gasteiger partial charge on any atom is 0.255 e. The lowest BCUT2D eigenvalue weighted by molar-refractivity contribution is 0.102. The number of fused-ring (bicyclic) bond motifs is 1. The normalized spacial score (nSPS) is 14.3. The van der Waals surface area contributed by atoms with Crippen molar-refractivity contribution in [2.24, 2.45) is 0 Å². The fourth-order valence-corrected chi connectivity index (χ4v) is 4.96. The van der Waals surface area contributed by atoms with Gasteiger partial charge in [0.2, 0.25) is 0 Å². The minimum atomic E-state index is -0.394. The number of nitrogens with two attached hydrogens (primary N) is 1. The summed E-state index contributed by atoms with van der Waals surface area (Å²) < 4.78 is 21.0. The highest BCUT2D eigenvalue weighted by atomic mass is 19.1. The van der Waals surface area contributed by atoms with E-state index in [1.54, 1.807) is 24.3 Å². The van der Waals surface area contributed by atoms with E-state index in [2.05, 4.69) is 42.3 Å². The summed E-state index contributed by atoms with van der Waals surface area (Å²) in [6.45, 7) is 6.16. The Morgan fingerprint density at radius 3 is 2.60 bits per heavy atom. The number of nitrogens with zero attached hydrogens (tertiary/aromatic N) is 5. The number of likely N-dealkylation sites (N-methyl/N-ethyl adjacent to an activating group) is 1. The molecule has 11 heteroatoms. The molecule has 214 valence electrons. The van der Waals surface area contributed by atoms with Crippen LogP contribution in [-0.2, 0) is 6.54 Å². The number of ether oxygens (including phenoxy) is 1. The number of anilines is 2. The van der Waals surface area contributed by atoms with Gasteiger partial charge in [0.15, 0.2) is 5.65 Å². The van der Waals surface area contributed by atoms with Crippen LogP contribution < -0.4 is 15.8 Å². The fraction of sp³-hybridized carbons (Fsp3) is 0.226. The quantitative estimate of drug-likeness (QED) is 0.256. The predicted molar refractivity (Wildman–Crippen MR) is 160 cm³/mol. The van der Waals surface area contributed by atoms with Crippen LogP contribution in [0.1, 0.15) is 21.5 Å². The number of aromatic nitrogens is 4. The Balaban J connectivity index is 1.13. The van der Waals surface area contributed by atoms with E-state index in [1.807, 2.05) is 37.3 Å². The number of benzene rings is 3. The van der Waals surface area contributed by atoms with Crippen molar-refractivity contribution in [3.05, 3.63) is 89.5 Å². The average molecular weight is 567 g/mol. The maximum atomic E-state index is 14.9. The summed E-state index contributed by atoms with van der Waals surface area (Å²) in [6, 6.07) is 17.5. The van der Waals surface area contributed by atoms with Crippen molar-refractivity contribution in [1.29, 1.82) is 0 Å². The second kappa shape index (κ2) is 11.6. The molecule has 1 fully saturated rings. The number of amides is 1. The molecule has 6 rings (SSSR count). The minimum Gasteiger partial charge on any atom is -0.457 e. The first kappa shape index (κ1) is 27.3. The van der Waals surface area contributed by atoms with Gasteiger partial charge in [-0.25, -0.2) is 14.4 Å². The third kappa shape index (κ3) is 5.78. The summed E-state index contributed by atoms with van der Waals surface area (Å²) in [5, 5.41) is 10.7. The summed E-state index contributed by atoms with van der Waals surface area (Å²) in [7, 11) is 2.09. The molecule has 0 bridgehead atoms. The van der Waals surface area contributed by atoms with Crippen molar-refractivity contribution >= 4 is 28.4 Å². The topological polar surface area (TPSA) is 125 Å². The number of halogens is 1. The van der Waals surface area contributed by atoms with Gasteiger partial charge in [0.05, 0.1) is 11.1 Å². The Labute approximate surface area is 242 Å². The van der Waals surface area contributed by atoms with Gasteiger partial charge in [-0.15, -0.1) is 0 Å². The van der Waals surface area contributed by atoms with Gasteiger partial charge in [-0.2, -0.15) is 5.10 Å². The molecule has 1 amide bonds. The molecule has 3 aromatic carbocycles. The van der Waals surface area contributed by atoms with Crippen LogP contribution in [0, 0.1) is 12.7 Å². The molecule has 1 aliphatic heterocycles.